The van der Waals surface area contributed by atoms with Crippen molar-refractivity contribution in [3.63, 3.8) is 0 Å². The van der Waals surface area contributed by atoms with Gasteiger partial charge in [0.15, 0.2) is 0 Å². The number of aryl methyl sites for hydroxylation is 1. The summed E-state index contributed by atoms with van der Waals surface area (Å²) in [7, 11) is 0. The second kappa shape index (κ2) is 11.1. The lowest BCUT2D eigenvalue weighted by atomic mass is 10.1. The van der Waals surface area contributed by atoms with Crippen LogP contribution in [0.2, 0.25) is 10.0 Å². The van der Waals surface area contributed by atoms with E-state index in [0.717, 1.165) is 0 Å². The van der Waals surface area contributed by atoms with E-state index in [1.54, 1.807) is 31.2 Å². The van der Waals surface area contributed by atoms with E-state index in [4.69, 9.17) is 37.4 Å². The second-order valence-corrected chi connectivity index (χ2v) is 8.97. The van der Waals surface area contributed by atoms with Crippen LogP contribution in [0.1, 0.15) is 45.9 Å². The minimum atomic E-state index is -0.869. The summed E-state index contributed by atoms with van der Waals surface area (Å²) in [5.74, 6) is -1.24. The normalized spacial score (nSPS) is 19.1. The largest absolute Gasteiger partial charge is 0.459 e. The molecule has 1 fully saturated rings. The van der Waals surface area contributed by atoms with E-state index in [-0.39, 0.29) is 24.2 Å². The van der Waals surface area contributed by atoms with Crippen molar-refractivity contribution in [2.45, 2.75) is 38.2 Å². The summed E-state index contributed by atoms with van der Waals surface area (Å²) >= 11 is 11.8. The molecule has 2 unspecified atom stereocenters. The summed E-state index contributed by atoms with van der Waals surface area (Å²) in [4.78, 5) is 51.9. The van der Waals surface area contributed by atoms with Gasteiger partial charge in [-0.3, -0.25) is 14.3 Å². The molecule has 2 aromatic carbocycles. The molecule has 36 heavy (non-hydrogen) atoms. The standard InChI is InChI=1S/C25H22Cl2N2O7/c1-2-14-12-29(25(33)28-22(14)30)21-11-19(36-24(32)16-5-9-18(27)10-6-16)20(35-21)13-34-23(31)15-3-7-17(26)8-4-15/h3-10,12,19-21H,2,11,13H2,1H3,(H,28,30,33)/t19-,20?,21?/m1/s1. The number of hydrogen-bond acceptors (Lipinski definition) is 7. The maximum Gasteiger partial charge on any atom is 0.338 e. The summed E-state index contributed by atoms with van der Waals surface area (Å²) in [6.45, 7) is 1.54. The number of carbonyl (C=O) groups excluding carboxylic acids is 2. The van der Waals surface area contributed by atoms with Crippen LogP contribution >= 0.6 is 23.2 Å². The summed E-state index contributed by atoms with van der Waals surface area (Å²) in [5, 5.41) is 0.937. The number of H-pyrrole nitrogens is 1. The molecule has 188 valence electrons. The van der Waals surface area contributed by atoms with E-state index in [9.17, 15) is 19.2 Å². The molecule has 0 amide bonds. The zero-order valence-corrected chi connectivity index (χ0v) is 20.6. The molecule has 1 N–H and O–H groups in total. The van der Waals surface area contributed by atoms with Crippen molar-refractivity contribution in [2.24, 2.45) is 0 Å². The van der Waals surface area contributed by atoms with E-state index >= 15 is 0 Å². The van der Waals surface area contributed by atoms with Gasteiger partial charge in [-0.05, 0) is 55.0 Å². The number of nitrogens with one attached hydrogen (secondary N) is 1. The first kappa shape index (κ1) is 25.7. The van der Waals surface area contributed by atoms with Crippen molar-refractivity contribution >= 4 is 35.1 Å². The molecule has 1 saturated heterocycles. The van der Waals surface area contributed by atoms with Crippen molar-refractivity contribution in [2.75, 3.05) is 6.61 Å². The number of rotatable bonds is 7. The monoisotopic (exact) mass is 532 g/mol. The molecule has 0 saturated carbocycles. The Hall–Kier alpha value is -3.40. The molecule has 0 aliphatic carbocycles. The van der Waals surface area contributed by atoms with Gasteiger partial charge in [-0.15, -0.1) is 0 Å². The van der Waals surface area contributed by atoms with Gasteiger partial charge in [0.25, 0.3) is 5.56 Å². The summed E-state index contributed by atoms with van der Waals surface area (Å²) < 4.78 is 18.3. The van der Waals surface area contributed by atoms with Gasteiger partial charge in [0.2, 0.25) is 0 Å². The molecule has 0 bridgehead atoms. The Kier molecular flexibility index (Phi) is 7.93. The average Bonchev–Trinajstić information content (AvgIpc) is 3.25. The molecule has 0 radical (unpaired) electrons. The first-order valence-electron chi connectivity index (χ1n) is 11.1. The van der Waals surface area contributed by atoms with Crippen molar-refractivity contribution < 1.29 is 23.8 Å². The lowest BCUT2D eigenvalue weighted by Crippen LogP contribution is -2.34. The van der Waals surface area contributed by atoms with Gasteiger partial charge in [-0.1, -0.05) is 30.1 Å². The molecule has 0 spiro atoms. The van der Waals surface area contributed by atoms with Gasteiger partial charge in [0.1, 0.15) is 25.0 Å². The number of esters is 2. The zero-order valence-electron chi connectivity index (χ0n) is 19.1. The summed E-state index contributed by atoms with van der Waals surface area (Å²) in [6.07, 6.45) is -0.656. The molecule has 1 aromatic heterocycles. The highest BCUT2D eigenvalue weighted by Crippen LogP contribution is 2.31. The topological polar surface area (TPSA) is 117 Å². The number of aromatic nitrogens is 2. The molecule has 1 aliphatic rings. The fourth-order valence-electron chi connectivity index (χ4n) is 3.76. The van der Waals surface area contributed by atoms with Crippen LogP contribution in [0, 0.1) is 0 Å². The van der Waals surface area contributed by atoms with Crippen LogP contribution in [0.5, 0.6) is 0 Å². The Morgan fingerprint density at radius 1 is 1.00 bits per heavy atom. The highest BCUT2D eigenvalue weighted by Gasteiger charge is 2.40. The van der Waals surface area contributed by atoms with Crippen LogP contribution in [-0.2, 0) is 20.6 Å². The van der Waals surface area contributed by atoms with Crippen LogP contribution in [0.25, 0.3) is 0 Å². The van der Waals surface area contributed by atoms with E-state index in [0.29, 0.717) is 22.0 Å². The predicted octanol–water partition coefficient (Wildman–Crippen LogP) is 3.78. The summed E-state index contributed by atoms with van der Waals surface area (Å²) in [5.41, 5.74) is -0.187. The Balaban J connectivity index is 1.54. The number of aromatic amines is 1. The maximum atomic E-state index is 12.7. The van der Waals surface area contributed by atoms with Gasteiger partial charge >= 0.3 is 17.6 Å². The van der Waals surface area contributed by atoms with Crippen molar-refractivity contribution in [3.8, 4) is 0 Å². The number of nitrogens with zero attached hydrogens (tertiary/aromatic N) is 1. The Bertz CT molecular complexity index is 1370. The van der Waals surface area contributed by atoms with E-state index in [1.807, 2.05) is 0 Å². The van der Waals surface area contributed by atoms with Crippen LogP contribution in [-0.4, -0.2) is 40.3 Å². The third kappa shape index (κ3) is 5.87. The Morgan fingerprint density at radius 3 is 2.17 bits per heavy atom. The van der Waals surface area contributed by atoms with Crippen LogP contribution in [0.4, 0.5) is 0 Å². The molecule has 4 rings (SSSR count). The van der Waals surface area contributed by atoms with Crippen molar-refractivity contribution in [1.82, 2.24) is 9.55 Å². The molecule has 9 nitrogen and oxygen atoms in total. The lowest BCUT2D eigenvalue weighted by Gasteiger charge is -2.19. The number of hydrogen-bond donors (Lipinski definition) is 1. The van der Waals surface area contributed by atoms with Gasteiger partial charge in [0.05, 0.1) is 11.1 Å². The highest BCUT2D eigenvalue weighted by molar-refractivity contribution is 6.31. The smallest absolute Gasteiger partial charge is 0.338 e. The predicted molar refractivity (Wildman–Crippen MR) is 132 cm³/mol. The Labute approximate surface area is 215 Å². The van der Waals surface area contributed by atoms with Crippen molar-refractivity contribution in [1.29, 1.82) is 0 Å². The number of carbonyl (C=O) groups is 2. The quantitative estimate of drug-likeness (QED) is 0.460. The third-order valence-electron chi connectivity index (χ3n) is 5.71. The molecule has 2 heterocycles. The van der Waals surface area contributed by atoms with Crippen molar-refractivity contribution in [3.05, 3.63) is 102 Å². The fraction of sp³-hybridized carbons (Fsp3) is 0.280. The second-order valence-electron chi connectivity index (χ2n) is 8.10. The molecular weight excluding hydrogens is 511 g/mol. The molecule has 3 aromatic rings. The van der Waals surface area contributed by atoms with E-state index < -0.39 is 41.6 Å². The van der Waals surface area contributed by atoms with E-state index in [1.165, 1.54) is 35.0 Å². The summed E-state index contributed by atoms with van der Waals surface area (Å²) in [6, 6.07) is 12.3. The molecule has 11 heteroatoms. The minimum Gasteiger partial charge on any atom is -0.459 e. The molecular formula is C25H22Cl2N2O7. The molecule has 3 atom stereocenters. The fourth-order valence-corrected chi connectivity index (χ4v) is 4.01. The molecule has 1 aliphatic heterocycles. The third-order valence-corrected chi connectivity index (χ3v) is 6.21. The SMILES string of the molecule is CCc1cn(C2C[C@@H](OC(=O)c3ccc(Cl)cc3)C(COC(=O)c3ccc(Cl)cc3)O2)c(=O)[nH]c1=O. The van der Waals surface area contributed by atoms with Gasteiger partial charge in [-0.2, -0.15) is 0 Å². The van der Waals surface area contributed by atoms with Gasteiger partial charge in [0, 0.05) is 28.2 Å². The Morgan fingerprint density at radius 2 is 1.58 bits per heavy atom. The number of halogens is 2. The first-order valence-corrected chi connectivity index (χ1v) is 11.9. The lowest BCUT2D eigenvalue weighted by molar-refractivity contribution is -0.0583. The average molecular weight is 533 g/mol. The minimum absolute atomic E-state index is 0.0948. The van der Waals surface area contributed by atoms with Crippen LogP contribution < -0.4 is 11.2 Å². The van der Waals surface area contributed by atoms with Crippen LogP contribution in [0.15, 0.2) is 64.3 Å². The first-order chi connectivity index (χ1) is 17.2. The number of benzene rings is 2. The highest BCUT2D eigenvalue weighted by atomic mass is 35.5. The van der Waals surface area contributed by atoms with Crippen LogP contribution in [0.3, 0.4) is 0 Å². The zero-order chi connectivity index (χ0) is 25.8. The van der Waals surface area contributed by atoms with Gasteiger partial charge < -0.3 is 14.2 Å². The number of ether oxygens (including phenoxy) is 3. The van der Waals surface area contributed by atoms with E-state index in [2.05, 4.69) is 4.98 Å². The maximum absolute atomic E-state index is 12.7. The van der Waals surface area contributed by atoms with Gasteiger partial charge in [-0.25, -0.2) is 14.4 Å².